The number of urea groups is 1. The van der Waals surface area contributed by atoms with Crippen molar-refractivity contribution in [2.75, 3.05) is 6.54 Å². The maximum atomic E-state index is 10.5. The lowest BCUT2D eigenvalue weighted by Crippen LogP contribution is -2.30. The van der Waals surface area contributed by atoms with Crippen LogP contribution in [0.4, 0.5) is 4.79 Å². The fraction of sp³-hybridized carbons (Fsp3) is 0.154. The Kier molecular flexibility index (Phi) is 3.05. The number of benzene rings is 2. The number of carbonyl (C=O) groups is 1. The number of nitrogens with one attached hydrogen (secondary N) is 1. The Balaban J connectivity index is 2.10. The zero-order valence-corrected chi connectivity index (χ0v) is 8.94. The minimum Gasteiger partial charge on any atom is -0.352 e. The topological polar surface area (TPSA) is 55.1 Å². The van der Waals surface area contributed by atoms with Crippen molar-refractivity contribution in [3.63, 3.8) is 0 Å². The third kappa shape index (κ3) is 2.51. The second-order valence-corrected chi connectivity index (χ2v) is 3.72. The Hall–Kier alpha value is -2.03. The number of rotatable bonds is 3. The zero-order chi connectivity index (χ0) is 11.4. The van der Waals surface area contributed by atoms with E-state index in [0.29, 0.717) is 6.54 Å². The summed E-state index contributed by atoms with van der Waals surface area (Å²) in [4.78, 5) is 10.5. The first-order valence-electron chi connectivity index (χ1n) is 5.27. The number of hydrogen-bond acceptors (Lipinski definition) is 1. The smallest absolute Gasteiger partial charge is 0.312 e. The van der Waals surface area contributed by atoms with Gasteiger partial charge in [-0.25, -0.2) is 4.79 Å². The van der Waals surface area contributed by atoms with Gasteiger partial charge in [0.2, 0.25) is 0 Å². The van der Waals surface area contributed by atoms with E-state index in [4.69, 9.17) is 5.73 Å². The average Bonchev–Trinajstić information content (AvgIpc) is 2.28. The highest BCUT2D eigenvalue weighted by molar-refractivity contribution is 5.83. The summed E-state index contributed by atoms with van der Waals surface area (Å²) in [5.74, 6) is 0. The Bertz CT molecular complexity index is 508. The van der Waals surface area contributed by atoms with Crippen LogP contribution in [0.2, 0.25) is 0 Å². The number of hydrogen-bond donors (Lipinski definition) is 2. The quantitative estimate of drug-likeness (QED) is 0.807. The molecular weight excluding hydrogens is 200 g/mol. The first kappa shape index (κ1) is 10.5. The number of amides is 2. The predicted molar refractivity (Wildman–Crippen MR) is 65.2 cm³/mol. The minimum absolute atomic E-state index is 0.471. The van der Waals surface area contributed by atoms with Crippen LogP contribution in [0.15, 0.2) is 42.5 Å². The molecule has 0 spiro atoms. The van der Waals surface area contributed by atoms with Crippen LogP contribution in [0.3, 0.4) is 0 Å². The third-order valence-electron chi connectivity index (χ3n) is 2.53. The molecule has 82 valence electrons. The maximum absolute atomic E-state index is 10.5. The van der Waals surface area contributed by atoms with Crippen LogP contribution in [0.1, 0.15) is 5.56 Å². The Morgan fingerprint density at radius 3 is 2.62 bits per heavy atom. The highest BCUT2D eigenvalue weighted by atomic mass is 16.2. The summed E-state index contributed by atoms with van der Waals surface area (Å²) < 4.78 is 0. The molecule has 2 aromatic carbocycles. The molecule has 3 heteroatoms. The largest absolute Gasteiger partial charge is 0.352 e. The van der Waals surface area contributed by atoms with E-state index in [2.05, 4.69) is 35.6 Å². The molecule has 0 saturated heterocycles. The van der Waals surface area contributed by atoms with Gasteiger partial charge in [-0.15, -0.1) is 0 Å². The second-order valence-electron chi connectivity index (χ2n) is 3.72. The standard InChI is InChI=1S/C13H14N2O/c14-13(16)15-8-7-10-5-6-11-3-1-2-4-12(11)9-10/h1-6,9H,7-8H2,(H3,14,15,16). The fourth-order valence-electron chi connectivity index (χ4n) is 1.72. The number of primary amides is 1. The maximum Gasteiger partial charge on any atom is 0.312 e. The number of nitrogens with two attached hydrogens (primary N) is 1. The lowest BCUT2D eigenvalue weighted by Gasteiger charge is -2.04. The van der Waals surface area contributed by atoms with Crippen molar-refractivity contribution in [1.29, 1.82) is 0 Å². The summed E-state index contributed by atoms with van der Waals surface area (Å²) >= 11 is 0. The van der Waals surface area contributed by atoms with Crippen LogP contribution in [-0.4, -0.2) is 12.6 Å². The second kappa shape index (κ2) is 4.66. The van der Waals surface area contributed by atoms with Gasteiger partial charge in [0.15, 0.2) is 0 Å². The van der Waals surface area contributed by atoms with Crippen molar-refractivity contribution in [3.8, 4) is 0 Å². The normalized spacial score (nSPS) is 10.2. The highest BCUT2D eigenvalue weighted by Crippen LogP contribution is 2.15. The number of carbonyl (C=O) groups excluding carboxylic acids is 1. The first-order valence-corrected chi connectivity index (χ1v) is 5.27. The summed E-state index contributed by atoms with van der Waals surface area (Å²) in [6.07, 6.45) is 0.799. The van der Waals surface area contributed by atoms with Gasteiger partial charge in [0.25, 0.3) is 0 Å². The van der Waals surface area contributed by atoms with Crippen molar-refractivity contribution < 1.29 is 4.79 Å². The summed E-state index contributed by atoms with van der Waals surface area (Å²) in [6, 6.07) is 14.0. The lowest BCUT2D eigenvalue weighted by atomic mass is 10.1. The van der Waals surface area contributed by atoms with E-state index in [0.717, 1.165) is 6.42 Å². The van der Waals surface area contributed by atoms with E-state index in [1.807, 2.05) is 12.1 Å². The van der Waals surface area contributed by atoms with E-state index in [1.54, 1.807) is 0 Å². The Morgan fingerprint density at radius 1 is 1.12 bits per heavy atom. The van der Waals surface area contributed by atoms with E-state index in [-0.39, 0.29) is 0 Å². The van der Waals surface area contributed by atoms with Gasteiger partial charge in [0.1, 0.15) is 0 Å². The van der Waals surface area contributed by atoms with Gasteiger partial charge in [-0.05, 0) is 22.8 Å². The monoisotopic (exact) mass is 214 g/mol. The van der Waals surface area contributed by atoms with Crippen molar-refractivity contribution in [3.05, 3.63) is 48.0 Å². The van der Waals surface area contributed by atoms with Crippen LogP contribution >= 0.6 is 0 Å². The molecule has 0 saturated carbocycles. The molecule has 0 aliphatic heterocycles. The molecule has 2 aromatic rings. The van der Waals surface area contributed by atoms with E-state index < -0.39 is 6.03 Å². The summed E-state index contributed by atoms with van der Waals surface area (Å²) in [5.41, 5.74) is 6.20. The molecule has 3 N–H and O–H groups in total. The first-order chi connectivity index (χ1) is 7.75. The fourth-order valence-corrected chi connectivity index (χ4v) is 1.72. The molecule has 3 nitrogen and oxygen atoms in total. The van der Waals surface area contributed by atoms with Gasteiger partial charge in [-0.1, -0.05) is 42.5 Å². The SMILES string of the molecule is NC(=O)NCCc1ccc2ccccc2c1. The summed E-state index contributed by atoms with van der Waals surface area (Å²) in [7, 11) is 0. The molecule has 16 heavy (non-hydrogen) atoms. The average molecular weight is 214 g/mol. The molecule has 0 atom stereocenters. The minimum atomic E-state index is -0.471. The molecule has 0 heterocycles. The van der Waals surface area contributed by atoms with Crippen molar-refractivity contribution >= 4 is 16.8 Å². The summed E-state index contributed by atoms with van der Waals surface area (Å²) in [5, 5.41) is 5.03. The zero-order valence-electron chi connectivity index (χ0n) is 8.94. The van der Waals surface area contributed by atoms with E-state index in [1.165, 1.54) is 16.3 Å². The van der Waals surface area contributed by atoms with Crippen LogP contribution in [0.25, 0.3) is 10.8 Å². The third-order valence-corrected chi connectivity index (χ3v) is 2.53. The highest BCUT2D eigenvalue weighted by Gasteiger charge is 1.97. The van der Waals surface area contributed by atoms with Gasteiger partial charge < -0.3 is 11.1 Å². The molecule has 0 radical (unpaired) electrons. The van der Waals surface area contributed by atoms with Crippen molar-refractivity contribution in [2.24, 2.45) is 5.73 Å². The van der Waals surface area contributed by atoms with Gasteiger partial charge in [0.05, 0.1) is 0 Å². The van der Waals surface area contributed by atoms with Crippen LogP contribution in [0, 0.1) is 0 Å². The molecule has 0 aliphatic rings. The molecule has 0 aliphatic carbocycles. The predicted octanol–water partition coefficient (Wildman–Crippen LogP) is 2.05. The van der Waals surface area contributed by atoms with Crippen LogP contribution in [0.5, 0.6) is 0 Å². The van der Waals surface area contributed by atoms with Gasteiger partial charge >= 0.3 is 6.03 Å². The molecule has 0 fully saturated rings. The molecule has 0 aromatic heterocycles. The van der Waals surface area contributed by atoms with E-state index in [9.17, 15) is 4.79 Å². The summed E-state index contributed by atoms with van der Waals surface area (Å²) in [6.45, 7) is 0.577. The van der Waals surface area contributed by atoms with Gasteiger partial charge in [0, 0.05) is 6.54 Å². The van der Waals surface area contributed by atoms with Crippen LogP contribution < -0.4 is 11.1 Å². The molecule has 2 amide bonds. The van der Waals surface area contributed by atoms with Crippen LogP contribution in [-0.2, 0) is 6.42 Å². The molecule has 0 bridgehead atoms. The van der Waals surface area contributed by atoms with Gasteiger partial charge in [-0.2, -0.15) is 0 Å². The lowest BCUT2D eigenvalue weighted by molar-refractivity contribution is 0.249. The number of fused-ring (bicyclic) bond motifs is 1. The molecule has 2 rings (SSSR count). The molecule has 0 unspecified atom stereocenters. The Labute approximate surface area is 94.3 Å². The van der Waals surface area contributed by atoms with Crippen molar-refractivity contribution in [2.45, 2.75) is 6.42 Å². The van der Waals surface area contributed by atoms with Crippen molar-refractivity contribution in [1.82, 2.24) is 5.32 Å². The van der Waals surface area contributed by atoms with E-state index >= 15 is 0 Å². The Morgan fingerprint density at radius 2 is 1.88 bits per heavy atom. The van der Waals surface area contributed by atoms with Gasteiger partial charge in [-0.3, -0.25) is 0 Å². The molecular formula is C13H14N2O.